The van der Waals surface area contributed by atoms with Crippen molar-refractivity contribution in [2.24, 2.45) is 0 Å². The van der Waals surface area contributed by atoms with Crippen molar-refractivity contribution in [3.63, 3.8) is 0 Å². The fourth-order valence-electron chi connectivity index (χ4n) is 5.30. The lowest BCUT2D eigenvalue weighted by molar-refractivity contribution is -0.136. The predicted molar refractivity (Wildman–Crippen MR) is 180 cm³/mol. The molecule has 0 aliphatic carbocycles. The van der Waals surface area contributed by atoms with Crippen LogP contribution in [0.4, 0.5) is 17.1 Å². The van der Waals surface area contributed by atoms with Gasteiger partial charge in [0, 0.05) is 35.6 Å². The van der Waals surface area contributed by atoms with Crippen molar-refractivity contribution in [1.29, 1.82) is 0 Å². The van der Waals surface area contributed by atoms with Gasteiger partial charge in [0.15, 0.2) is 0 Å². The first-order valence-electron chi connectivity index (χ1n) is 16.0. The molecule has 3 aromatic rings. The Morgan fingerprint density at radius 1 is 0.800 bits per heavy atom. The molecule has 3 aromatic carbocycles. The molecule has 2 heterocycles. The molecule has 262 valence electrons. The fraction of sp³-hybridized carbons (Fsp3) is 0.314. The summed E-state index contributed by atoms with van der Waals surface area (Å²) < 4.78 is 22.3. The Balaban J connectivity index is 0.891. The number of carbonyl (C=O) groups is 6. The molecule has 0 saturated carbocycles. The first-order chi connectivity index (χ1) is 24.4. The molecule has 5 rings (SSSR count). The van der Waals surface area contributed by atoms with E-state index >= 15 is 0 Å². The molecule has 2 aliphatic rings. The van der Waals surface area contributed by atoms with Crippen LogP contribution in [0, 0.1) is 0 Å². The van der Waals surface area contributed by atoms with E-state index in [0.717, 1.165) is 4.90 Å². The topological polar surface area (TPSA) is 191 Å². The highest BCUT2D eigenvalue weighted by Gasteiger charge is 2.45. The molecule has 15 nitrogen and oxygen atoms in total. The third-order valence-corrected chi connectivity index (χ3v) is 7.76. The lowest BCUT2D eigenvalue weighted by Crippen LogP contribution is -2.54. The van der Waals surface area contributed by atoms with E-state index in [4.69, 9.17) is 18.9 Å². The van der Waals surface area contributed by atoms with Crippen molar-refractivity contribution < 1.29 is 47.7 Å². The largest absolute Gasteiger partial charge is 0.491 e. The summed E-state index contributed by atoms with van der Waals surface area (Å²) in [5, 5.41) is 10.6. The zero-order chi connectivity index (χ0) is 35.3. The molecule has 2 aliphatic heterocycles. The van der Waals surface area contributed by atoms with E-state index in [1.165, 1.54) is 0 Å². The normalized spacial score (nSPS) is 15.4. The monoisotopic (exact) mass is 687 g/mol. The molecule has 0 bridgehead atoms. The number of rotatable bonds is 19. The minimum absolute atomic E-state index is 0.0578. The van der Waals surface area contributed by atoms with Gasteiger partial charge in [0.25, 0.3) is 17.7 Å². The van der Waals surface area contributed by atoms with Crippen LogP contribution in [-0.4, -0.2) is 99.7 Å². The summed E-state index contributed by atoms with van der Waals surface area (Å²) in [4.78, 5) is 73.8. The second kappa shape index (κ2) is 17.7. The van der Waals surface area contributed by atoms with Gasteiger partial charge in [-0.25, -0.2) is 0 Å². The molecule has 0 aromatic heterocycles. The highest BCUT2D eigenvalue weighted by Crippen LogP contribution is 2.32. The summed E-state index contributed by atoms with van der Waals surface area (Å²) >= 11 is 0. The summed E-state index contributed by atoms with van der Waals surface area (Å²) in [6.45, 7) is 2.85. The maximum absolute atomic E-state index is 13.2. The smallest absolute Gasteiger partial charge is 0.264 e. The minimum Gasteiger partial charge on any atom is -0.491 e. The van der Waals surface area contributed by atoms with Crippen molar-refractivity contribution in [3.8, 4) is 5.75 Å². The molecule has 15 heteroatoms. The predicted octanol–water partition coefficient (Wildman–Crippen LogP) is 2.45. The van der Waals surface area contributed by atoms with Crippen molar-refractivity contribution in [1.82, 2.24) is 10.2 Å². The first kappa shape index (κ1) is 35.7. The number of ether oxygens (including phenoxy) is 4. The molecule has 4 N–H and O–H groups in total. The van der Waals surface area contributed by atoms with Crippen LogP contribution in [0.1, 0.15) is 43.9 Å². The Bertz CT molecular complexity index is 1700. The summed E-state index contributed by atoms with van der Waals surface area (Å²) in [5.74, 6) is -1.85. The molecule has 50 heavy (non-hydrogen) atoms. The summed E-state index contributed by atoms with van der Waals surface area (Å²) in [6, 6.07) is 17.3. The summed E-state index contributed by atoms with van der Waals surface area (Å²) in [6.07, 6.45) is 0.724. The van der Waals surface area contributed by atoms with E-state index in [1.807, 2.05) is 0 Å². The van der Waals surface area contributed by atoms with E-state index in [2.05, 4.69) is 21.3 Å². The fourth-order valence-corrected chi connectivity index (χ4v) is 5.30. The zero-order valence-corrected chi connectivity index (χ0v) is 27.1. The Morgan fingerprint density at radius 3 is 2.14 bits per heavy atom. The number of anilines is 3. The number of nitrogens with zero attached hydrogens (tertiary/aromatic N) is 1. The van der Waals surface area contributed by atoms with E-state index in [0.29, 0.717) is 87.6 Å². The average Bonchev–Trinajstić information content (AvgIpc) is 3.37. The van der Waals surface area contributed by atoms with Gasteiger partial charge in [-0.1, -0.05) is 6.07 Å². The standard InChI is InChI=1S/C35H37N5O10/c41-22-37-24-6-4-23(5-7-24)32(43)38-25-8-10-26(11-9-25)50-21-20-49-19-18-48-17-16-47-15-14-36-28-3-1-2-27-31(28)35(46)40(34(27)45)29-12-13-30(42)39-33(29)44/h1-11,22,29,36H,12-21H2,(H,37,41)(H,38,43)(H,39,42,44). The van der Waals surface area contributed by atoms with Gasteiger partial charge in [-0.05, 0) is 67.1 Å². The van der Waals surface area contributed by atoms with Gasteiger partial charge in [0.05, 0.1) is 50.8 Å². The van der Waals surface area contributed by atoms with Crippen LogP contribution in [0.5, 0.6) is 5.75 Å². The summed E-state index contributed by atoms with van der Waals surface area (Å²) in [7, 11) is 0. The van der Waals surface area contributed by atoms with E-state index in [1.54, 1.807) is 66.7 Å². The second-order valence-corrected chi connectivity index (χ2v) is 11.1. The van der Waals surface area contributed by atoms with Gasteiger partial charge in [-0.2, -0.15) is 0 Å². The number of hydrogen-bond donors (Lipinski definition) is 4. The quantitative estimate of drug-likeness (QED) is 0.0823. The third kappa shape index (κ3) is 9.28. The van der Waals surface area contributed by atoms with Gasteiger partial charge in [0.1, 0.15) is 18.4 Å². The average molecular weight is 688 g/mol. The highest BCUT2D eigenvalue weighted by molar-refractivity contribution is 6.25. The van der Waals surface area contributed by atoms with Crippen LogP contribution in [0.25, 0.3) is 0 Å². The Kier molecular flexibility index (Phi) is 12.6. The molecule has 1 fully saturated rings. The zero-order valence-electron chi connectivity index (χ0n) is 27.1. The minimum atomic E-state index is -1.02. The lowest BCUT2D eigenvalue weighted by atomic mass is 10.0. The van der Waals surface area contributed by atoms with Crippen molar-refractivity contribution in [2.45, 2.75) is 18.9 Å². The number of benzene rings is 3. The molecular formula is C35H37N5O10. The number of piperidine rings is 1. The molecule has 1 saturated heterocycles. The summed E-state index contributed by atoms with van der Waals surface area (Å²) in [5.41, 5.74) is 2.54. The Morgan fingerprint density at radius 2 is 1.46 bits per heavy atom. The van der Waals surface area contributed by atoms with Crippen LogP contribution in [0.15, 0.2) is 66.7 Å². The van der Waals surface area contributed by atoms with Crippen LogP contribution in [0.3, 0.4) is 0 Å². The Hall–Kier alpha value is -5.64. The number of imide groups is 2. The van der Waals surface area contributed by atoms with E-state index < -0.39 is 29.7 Å². The maximum Gasteiger partial charge on any atom is 0.264 e. The van der Waals surface area contributed by atoms with Gasteiger partial charge in [-0.15, -0.1) is 0 Å². The maximum atomic E-state index is 13.2. The molecule has 0 radical (unpaired) electrons. The number of carbonyl (C=O) groups excluding carboxylic acids is 6. The van der Waals surface area contributed by atoms with E-state index in [-0.39, 0.29) is 29.9 Å². The molecule has 0 spiro atoms. The van der Waals surface area contributed by atoms with Gasteiger partial charge >= 0.3 is 0 Å². The van der Waals surface area contributed by atoms with E-state index in [9.17, 15) is 28.8 Å². The van der Waals surface area contributed by atoms with Crippen LogP contribution >= 0.6 is 0 Å². The number of amides is 6. The molecular weight excluding hydrogens is 650 g/mol. The molecule has 1 atom stereocenters. The highest BCUT2D eigenvalue weighted by atomic mass is 16.6. The van der Waals surface area contributed by atoms with Crippen molar-refractivity contribution in [2.75, 3.05) is 68.7 Å². The van der Waals surface area contributed by atoms with Crippen LogP contribution in [-0.2, 0) is 28.6 Å². The lowest BCUT2D eigenvalue weighted by Gasteiger charge is -2.27. The second-order valence-electron chi connectivity index (χ2n) is 11.1. The SMILES string of the molecule is O=CNc1ccc(C(=O)Nc2ccc(OCCOCCOCCOCCNc3cccc4c3C(=O)N(C3CCC(=O)NC3=O)C4=O)cc2)cc1. The Labute approximate surface area is 287 Å². The van der Waals surface area contributed by atoms with Crippen LogP contribution in [0.2, 0.25) is 0 Å². The molecule has 6 amide bonds. The third-order valence-electron chi connectivity index (χ3n) is 7.76. The van der Waals surface area contributed by atoms with Gasteiger partial charge in [0.2, 0.25) is 18.2 Å². The number of hydrogen-bond acceptors (Lipinski definition) is 11. The first-order valence-corrected chi connectivity index (χ1v) is 16.0. The van der Waals surface area contributed by atoms with Crippen molar-refractivity contribution >= 4 is 53.0 Å². The number of fused-ring (bicyclic) bond motifs is 1. The van der Waals surface area contributed by atoms with Crippen LogP contribution < -0.4 is 26.0 Å². The van der Waals surface area contributed by atoms with Gasteiger partial charge < -0.3 is 34.9 Å². The molecule has 1 unspecified atom stereocenters. The number of nitrogens with one attached hydrogen (secondary N) is 4. The van der Waals surface area contributed by atoms with Crippen molar-refractivity contribution in [3.05, 3.63) is 83.4 Å². The van der Waals surface area contributed by atoms with Gasteiger partial charge in [-0.3, -0.25) is 39.0 Å².